The molecule has 0 atom stereocenters. The summed E-state index contributed by atoms with van der Waals surface area (Å²) in [5.41, 5.74) is 0.435. The van der Waals surface area contributed by atoms with E-state index in [1.165, 1.54) is 6.20 Å². The van der Waals surface area contributed by atoms with E-state index in [2.05, 4.69) is 25.6 Å². The van der Waals surface area contributed by atoms with Gasteiger partial charge in [0.2, 0.25) is 4.67 Å². The van der Waals surface area contributed by atoms with Crippen LogP contribution in [0.3, 0.4) is 0 Å². The largest absolute Gasteiger partial charge is 0.349 e. The highest BCUT2D eigenvalue weighted by molar-refractivity contribution is 9.10. The molecule has 1 aromatic rings. The summed E-state index contributed by atoms with van der Waals surface area (Å²) >= 11 is 2.97. The van der Waals surface area contributed by atoms with Crippen LogP contribution in [0.25, 0.3) is 0 Å². The number of carbonyl (C=O) groups excluding carboxylic acids is 1. The Bertz CT molecular complexity index is 196. The van der Waals surface area contributed by atoms with E-state index in [9.17, 15) is 4.79 Å². The number of carbonyl (C=O) groups is 1. The zero-order chi connectivity index (χ0) is 5.98. The lowest BCUT2D eigenvalue weighted by atomic mass is 10.4. The lowest BCUT2D eigenvalue weighted by molar-refractivity contribution is 0.112. The van der Waals surface area contributed by atoms with Crippen molar-refractivity contribution in [2.75, 3.05) is 0 Å². The molecule has 0 aromatic carbocycles. The predicted molar refractivity (Wildman–Crippen MR) is 29.6 cm³/mol. The van der Waals surface area contributed by atoms with Crippen LogP contribution in [0.2, 0.25) is 0 Å². The van der Waals surface area contributed by atoms with E-state index < -0.39 is 0 Å². The third kappa shape index (κ3) is 0.790. The molecule has 42 valence electrons. The summed E-state index contributed by atoms with van der Waals surface area (Å²) < 4.78 is 4.87. The summed E-state index contributed by atoms with van der Waals surface area (Å²) in [4.78, 5) is 9.96. The van der Waals surface area contributed by atoms with Crippen molar-refractivity contribution < 1.29 is 9.32 Å². The molecule has 0 saturated heterocycles. The Balaban J connectivity index is 3.09. The lowest BCUT2D eigenvalue weighted by Crippen LogP contribution is -1.70. The molecule has 0 radical (unpaired) electrons. The second kappa shape index (κ2) is 2.09. The zero-order valence-corrected chi connectivity index (χ0v) is 5.38. The van der Waals surface area contributed by atoms with E-state index in [0.29, 0.717) is 16.5 Å². The topological polar surface area (TPSA) is 43.1 Å². The summed E-state index contributed by atoms with van der Waals surface area (Å²) in [5, 5.41) is 3.34. The SMILES string of the molecule is O=Cc1cnoc1Br. The number of rotatable bonds is 1. The van der Waals surface area contributed by atoms with Crippen LogP contribution < -0.4 is 0 Å². The van der Waals surface area contributed by atoms with E-state index in [-0.39, 0.29) is 0 Å². The van der Waals surface area contributed by atoms with Crippen LogP contribution in [0.4, 0.5) is 0 Å². The Morgan fingerprint density at radius 2 is 2.62 bits per heavy atom. The van der Waals surface area contributed by atoms with Crippen molar-refractivity contribution >= 4 is 22.2 Å². The maximum atomic E-state index is 9.96. The highest BCUT2D eigenvalue weighted by Gasteiger charge is 1.99. The van der Waals surface area contributed by atoms with Gasteiger partial charge in [-0.15, -0.1) is 0 Å². The zero-order valence-electron chi connectivity index (χ0n) is 3.80. The van der Waals surface area contributed by atoms with E-state index >= 15 is 0 Å². The van der Waals surface area contributed by atoms with Gasteiger partial charge in [-0.2, -0.15) is 0 Å². The Morgan fingerprint density at radius 3 is 2.88 bits per heavy atom. The number of halogens is 1. The Kier molecular flexibility index (Phi) is 1.43. The fourth-order valence-corrected chi connectivity index (χ4v) is 0.589. The van der Waals surface area contributed by atoms with Gasteiger partial charge in [0.25, 0.3) is 0 Å². The minimum absolute atomic E-state index is 0.382. The molecule has 0 amide bonds. The average Bonchev–Trinajstić information content (AvgIpc) is 2.14. The molecule has 0 fully saturated rings. The maximum absolute atomic E-state index is 9.96. The fraction of sp³-hybridized carbons (Fsp3) is 0. The van der Waals surface area contributed by atoms with Gasteiger partial charge in [0.15, 0.2) is 6.29 Å². The van der Waals surface area contributed by atoms with Crippen molar-refractivity contribution in [1.82, 2.24) is 5.16 Å². The van der Waals surface area contributed by atoms with E-state index in [0.717, 1.165) is 0 Å². The molecule has 0 aliphatic rings. The van der Waals surface area contributed by atoms with Crippen LogP contribution in [0.15, 0.2) is 15.4 Å². The minimum atomic E-state index is 0.382. The van der Waals surface area contributed by atoms with Gasteiger partial charge in [-0.3, -0.25) is 4.79 Å². The van der Waals surface area contributed by atoms with Crippen molar-refractivity contribution in [3.63, 3.8) is 0 Å². The second-order valence-electron chi connectivity index (χ2n) is 1.17. The van der Waals surface area contributed by atoms with Gasteiger partial charge in [0, 0.05) is 0 Å². The van der Waals surface area contributed by atoms with Crippen LogP contribution in [0, 0.1) is 0 Å². The van der Waals surface area contributed by atoms with Gasteiger partial charge in [-0.05, 0) is 15.9 Å². The first-order valence-electron chi connectivity index (χ1n) is 1.90. The number of aromatic nitrogens is 1. The molecule has 0 aliphatic carbocycles. The minimum Gasteiger partial charge on any atom is -0.349 e. The van der Waals surface area contributed by atoms with E-state index in [4.69, 9.17) is 0 Å². The van der Waals surface area contributed by atoms with Crippen molar-refractivity contribution in [1.29, 1.82) is 0 Å². The van der Waals surface area contributed by atoms with Crippen molar-refractivity contribution in [3.05, 3.63) is 16.4 Å². The fourth-order valence-electron chi connectivity index (χ4n) is 0.310. The molecule has 0 aliphatic heterocycles. The molecule has 8 heavy (non-hydrogen) atoms. The van der Waals surface area contributed by atoms with Gasteiger partial charge in [-0.25, -0.2) is 0 Å². The molecule has 1 aromatic heterocycles. The summed E-state index contributed by atoms with van der Waals surface area (Å²) in [5.74, 6) is 0. The number of hydrogen-bond donors (Lipinski definition) is 0. The lowest BCUT2D eigenvalue weighted by Gasteiger charge is -1.72. The molecule has 0 saturated carbocycles. The summed E-state index contributed by atoms with van der Waals surface area (Å²) in [6.45, 7) is 0. The summed E-state index contributed by atoms with van der Waals surface area (Å²) in [6, 6.07) is 0. The molecule has 1 rings (SSSR count). The van der Waals surface area contributed by atoms with Gasteiger partial charge < -0.3 is 4.52 Å². The number of nitrogens with zero attached hydrogens (tertiary/aromatic N) is 1. The third-order valence-electron chi connectivity index (χ3n) is 0.679. The molecular weight excluding hydrogens is 174 g/mol. The van der Waals surface area contributed by atoms with Gasteiger partial charge in [0.05, 0.1) is 11.8 Å². The van der Waals surface area contributed by atoms with Crippen LogP contribution in [0.5, 0.6) is 0 Å². The van der Waals surface area contributed by atoms with Crippen LogP contribution >= 0.6 is 15.9 Å². The standard InChI is InChI=1S/C4H2BrNO2/c5-4-3(2-7)1-6-8-4/h1-2H. The summed E-state index contributed by atoms with van der Waals surface area (Å²) in [7, 11) is 0. The smallest absolute Gasteiger partial charge is 0.212 e. The van der Waals surface area contributed by atoms with Crippen molar-refractivity contribution in [3.8, 4) is 0 Å². The Morgan fingerprint density at radius 1 is 1.88 bits per heavy atom. The molecule has 0 bridgehead atoms. The normalized spacial score (nSPS) is 9.12. The number of aldehydes is 1. The molecule has 1 heterocycles. The maximum Gasteiger partial charge on any atom is 0.212 e. The molecule has 0 unspecified atom stereocenters. The Hall–Kier alpha value is -0.640. The first-order chi connectivity index (χ1) is 3.84. The van der Waals surface area contributed by atoms with E-state index in [1.54, 1.807) is 0 Å². The Labute approximate surface area is 53.8 Å². The van der Waals surface area contributed by atoms with Gasteiger partial charge in [-0.1, -0.05) is 5.16 Å². The molecule has 0 N–H and O–H groups in total. The first kappa shape index (κ1) is 5.50. The highest BCUT2D eigenvalue weighted by Crippen LogP contribution is 2.11. The van der Waals surface area contributed by atoms with Crippen molar-refractivity contribution in [2.24, 2.45) is 0 Å². The van der Waals surface area contributed by atoms with E-state index in [1.807, 2.05) is 0 Å². The van der Waals surface area contributed by atoms with Crippen LogP contribution in [-0.4, -0.2) is 11.4 Å². The van der Waals surface area contributed by atoms with Gasteiger partial charge >= 0.3 is 0 Å². The molecular formula is C4H2BrNO2. The monoisotopic (exact) mass is 175 g/mol. The van der Waals surface area contributed by atoms with Gasteiger partial charge in [0.1, 0.15) is 0 Å². The second-order valence-corrected chi connectivity index (χ2v) is 1.89. The first-order valence-corrected chi connectivity index (χ1v) is 2.69. The molecule has 3 nitrogen and oxygen atoms in total. The third-order valence-corrected chi connectivity index (χ3v) is 1.28. The average molecular weight is 176 g/mol. The molecule has 4 heteroatoms. The quantitative estimate of drug-likeness (QED) is 0.604. The van der Waals surface area contributed by atoms with Crippen molar-refractivity contribution in [2.45, 2.75) is 0 Å². The predicted octanol–water partition coefficient (Wildman–Crippen LogP) is 1.25. The van der Waals surface area contributed by atoms with Crippen LogP contribution in [-0.2, 0) is 0 Å². The molecule has 0 spiro atoms. The number of hydrogen-bond acceptors (Lipinski definition) is 3. The van der Waals surface area contributed by atoms with Crippen LogP contribution in [0.1, 0.15) is 10.4 Å². The summed E-state index contributed by atoms with van der Waals surface area (Å²) in [6.07, 6.45) is 2.01. The highest BCUT2D eigenvalue weighted by atomic mass is 79.9.